The smallest absolute Gasteiger partial charge is 0.267 e. The molecule has 0 saturated heterocycles. The van der Waals surface area contributed by atoms with Crippen LogP contribution in [0.4, 0.5) is 5.13 Å². The first-order valence-corrected chi connectivity index (χ1v) is 11.6. The van der Waals surface area contributed by atoms with Gasteiger partial charge in [-0.15, -0.1) is 22.7 Å². The number of carbonyl (C=O) groups is 1. The fraction of sp³-hybridized carbons (Fsp3) is 0.125. The van der Waals surface area contributed by atoms with Gasteiger partial charge in [0.15, 0.2) is 5.13 Å². The zero-order valence-electron chi connectivity index (χ0n) is 17.1. The van der Waals surface area contributed by atoms with Crippen molar-refractivity contribution in [3.05, 3.63) is 93.4 Å². The van der Waals surface area contributed by atoms with Crippen LogP contribution in [0.1, 0.15) is 31.4 Å². The van der Waals surface area contributed by atoms with E-state index in [1.165, 1.54) is 33.8 Å². The molecule has 0 fully saturated rings. The van der Waals surface area contributed by atoms with Crippen LogP contribution < -0.4 is 5.32 Å². The number of fused-ring (bicyclic) bond motifs is 1. The highest BCUT2D eigenvalue weighted by molar-refractivity contribution is 7.20. The van der Waals surface area contributed by atoms with E-state index in [0.29, 0.717) is 10.0 Å². The standard InChI is InChI=1S/C24H20N4OS2/c1-15-7-6-8-17(11-15)12-19-14-25-24(30-19)26-22(29)21-13-20-16(2)27-28(23(20)31-21)18-9-4-3-5-10-18/h3-11,13-14H,12H2,1-2H3,(H,25,26,29). The maximum atomic E-state index is 12.9. The highest BCUT2D eigenvalue weighted by Crippen LogP contribution is 2.31. The number of anilines is 1. The van der Waals surface area contributed by atoms with Crippen molar-refractivity contribution in [2.75, 3.05) is 5.32 Å². The number of aryl methyl sites for hydroxylation is 2. The zero-order valence-corrected chi connectivity index (χ0v) is 18.8. The lowest BCUT2D eigenvalue weighted by atomic mass is 10.1. The van der Waals surface area contributed by atoms with Crippen LogP contribution in [0.25, 0.3) is 15.9 Å². The number of hydrogen-bond acceptors (Lipinski definition) is 5. The lowest BCUT2D eigenvalue weighted by molar-refractivity contribution is 0.103. The quantitative estimate of drug-likeness (QED) is 0.361. The second-order valence-corrected chi connectivity index (χ2v) is 9.56. The van der Waals surface area contributed by atoms with Crippen molar-refractivity contribution in [2.24, 2.45) is 0 Å². The van der Waals surface area contributed by atoms with E-state index in [1.807, 2.05) is 54.2 Å². The van der Waals surface area contributed by atoms with Gasteiger partial charge in [0.05, 0.1) is 16.3 Å². The number of nitrogens with one attached hydrogen (secondary N) is 1. The molecule has 0 spiro atoms. The van der Waals surface area contributed by atoms with Gasteiger partial charge in [-0.25, -0.2) is 9.67 Å². The van der Waals surface area contributed by atoms with Crippen LogP contribution in [0.5, 0.6) is 0 Å². The minimum absolute atomic E-state index is 0.142. The minimum atomic E-state index is -0.142. The molecule has 5 nitrogen and oxygen atoms in total. The summed E-state index contributed by atoms with van der Waals surface area (Å²) in [7, 11) is 0. The number of carbonyl (C=O) groups excluding carboxylic acids is 1. The molecule has 3 aromatic heterocycles. The van der Waals surface area contributed by atoms with Crippen molar-refractivity contribution in [3.8, 4) is 5.69 Å². The Kier molecular flexibility index (Phi) is 5.13. The molecule has 31 heavy (non-hydrogen) atoms. The Morgan fingerprint density at radius 1 is 1.03 bits per heavy atom. The SMILES string of the molecule is Cc1cccc(Cc2cnc(NC(=O)c3cc4c(C)nn(-c5ccccc5)c4s3)s2)c1. The number of para-hydroxylation sites is 1. The van der Waals surface area contributed by atoms with Crippen molar-refractivity contribution in [1.82, 2.24) is 14.8 Å². The van der Waals surface area contributed by atoms with E-state index >= 15 is 0 Å². The maximum Gasteiger partial charge on any atom is 0.267 e. The van der Waals surface area contributed by atoms with Crippen LogP contribution >= 0.6 is 22.7 Å². The van der Waals surface area contributed by atoms with Crippen LogP contribution in [0.15, 0.2) is 66.9 Å². The lowest BCUT2D eigenvalue weighted by Gasteiger charge is -2.01. The summed E-state index contributed by atoms with van der Waals surface area (Å²) in [4.78, 5) is 20.0. The molecule has 5 aromatic rings. The Labute approximate surface area is 188 Å². The van der Waals surface area contributed by atoms with Crippen molar-refractivity contribution in [3.63, 3.8) is 0 Å². The summed E-state index contributed by atoms with van der Waals surface area (Å²) in [6.45, 7) is 4.06. The number of nitrogens with zero attached hydrogens (tertiary/aromatic N) is 3. The van der Waals surface area contributed by atoms with E-state index in [-0.39, 0.29) is 5.91 Å². The van der Waals surface area contributed by atoms with Crippen LogP contribution in [-0.4, -0.2) is 20.7 Å². The highest BCUT2D eigenvalue weighted by Gasteiger charge is 2.18. The van der Waals surface area contributed by atoms with E-state index in [4.69, 9.17) is 0 Å². The van der Waals surface area contributed by atoms with Gasteiger partial charge in [0.25, 0.3) is 5.91 Å². The predicted octanol–water partition coefficient (Wildman–Crippen LogP) is 6.00. The fourth-order valence-electron chi connectivity index (χ4n) is 3.53. The third-order valence-electron chi connectivity index (χ3n) is 5.00. The molecule has 7 heteroatoms. The average molecular weight is 445 g/mol. The summed E-state index contributed by atoms with van der Waals surface area (Å²) < 4.78 is 1.90. The molecule has 1 N–H and O–H groups in total. The van der Waals surface area contributed by atoms with Gasteiger partial charge in [-0.1, -0.05) is 48.0 Å². The summed E-state index contributed by atoms with van der Waals surface area (Å²) in [6.07, 6.45) is 2.65. The van der Waals surface area contributed by atoms with E-state index in [2.05, 4.69) is 46.6 Å². The number of benzene rings is 2. The first kappa shape index (κ1) is 19.7. The van der Waals surface area contributed by atoms with Gasteiger partial charge in [0, 0.05) is 22.9 Å². The van der Waals surface area contributed by atoms with Gasteiger partial charge in [0.2, 0.25) is 0 Å². The van der Waals surface area contributed by atoms with Gasteiger partial charge in [-0.3, -0.25) is 10.1 Å². The molecule has 2 aromatic carbocycles. The van der Waals surface area contributed by atoms with Gasteiger partial charge < -0.3 is 0 Å². The molecule has 0 saturated carbocycles. The molecular weight excluding hydrogens is 424 g/mol. The maximum absolute atomic E-state index is 12.9. The molecule has 0 aliphatic carbocycles. The molecule has 1 amide bonds. The van der Waals surface area contributed by atoms with Crippen LogP contribution in [0.2, 0.25) is 0 Å². The third-order valence-corrected chi connectivity index (χ3v) is 7.03. The molecule has 0 atom stereocenters. The van der Waals surface area contributed by atoms with E-state index < -0.39 is 0 Å². The Morgan fingerprint density at radius 3 is 2.68 bits per heavy atom. The molecule has 5 rings (SSSR count). The first-order chi connectivity index (χ1) is 15.1. The minimum Gasteiger partial charge on any atom is -0.297 e. The predicted molar refractivity (Wildman–Crippen MR) is 128 cm³/mol. The van der Waals surface area contributed by atoms with Crippen molar-refractivity contribution in [2.45, 2.75) is 20.3 Å². The summed E-state index contributed by atoms with van der Waals surface area (Å²) in [5.74, 6) is -0.142. The van der Waals surface area contributed by atoms with Crippen LogP contribution in [-0.2, 0) is 6.42 Å². The molecular formula is C24H20N4OS2. The summed E-state index contributed by atoms with van der Waals surface area (Å²) in [5, 5.41) is 9.21. The second kappa shape index (κ2) is 8.09. The monoisotopic (exact) mass is 444 g/mol. The molecule has 154 valence electrons. The molecule has 0 bridgehead atoms. The molecule has 0 radical (unpaired) electrons. The number of hydrogen-bond donors (Lipinski definition) is 1. The Morgan fingerprint density at radius 2 is 1.87 bits per heavy atom. The van der Waals surface area contributed by atoms with Gasteiger partial charge in [-0.05, 0) is 37.6 Å². The average Bonchev–Trinajstić information content (AvgIpc) is 3.46. The molecule has 0 aliphatic heterocycles. The number of thiazole rings is 1. The first-order valence-electron chi connectivity index (χ1n) is 9.93. The fourth-order valence-corrected chi connectivity index (χ4v) is 5.45. The Bertz CT molecular complexity index is 1380. The van der Waals surface area contributed by atoms with Gasteiger partial charge in [-0.2, -0.15) is 5.10 Å². The summed E-state index contributed by atoms with van der Waals surface area (Å²) in [5.41, 5.74) is 4.37. The lowest BCUT2D eigenvalue weighted by Crippen LogP contribution is -2.09. The number of amides is 1. The van der Waals surface area contributed by atoms with Crippen LogP contribution in [0, 0.1) is 13.8 Å². The van der Waals surface area contributed by atoms with Crippen molar-refractivity contribution in [1.29, 1.82) is 0 Å². The third kappa shape index (κ3) is 4.02. The number of thiophene rings is 1. The summed E-state index contributed by atoms with van der Waals surface area (Å²) in [6, 6.07) is 20.3. The normalized spacial score (nSPS) is 11.2. The van der Waals surface area contributed by atoms with Crippen molar-refractivity contribution >= 4 is 43.9 Å². The Balaban J connectivity index is 1.36. The van der Waals surface area contributed by atoms with Crippen molar-refractivity contribution < 1.29 is 4.79 Å². The van der Waals surface area contributed by atoms with E-state index in [0.717, 1.165) is 32.9 Å². The molecule has 0 unspecified atom stereocenters. The molecule has 3 heterocycles. The number of rotatable bonds is 5. The summed E-state index contributed by atoms with van der Waals surface area (Å²) >= 11 is 2.96. The van der Waals surface area contributed by atoms with E-state index in [9.17, 15) is 4.79 Å². The number of aromatic nitrogens is 3. The van der Waals surface area contributed by atoms with Gasteiger partial charge in [0.1, 0.15) is 4.83 Å². The van der Waals surface area contributed by atoms with Gasteiger partial charge >= 0.3 is 0 Å². The Hall–Kier alpha value is -3.29. The van der Waals surface area contributed by atoms with E-state index in [1.54, 1.807) is 0 Å². The highest BCUT2D eigenvalue weighted by atomic mass is 32.1. The molecule has 0 aliphatic rings. The zero-order chi connectivity index (χ0) is 21.4. The second-order valence-electron chi connectivity index (χ2n) is 7.41. The largest absolute Gasteiger partial charge is 0.297 e. The van der Waals surface area contributed by atoms with Crippen LogP contribution in [0.3, 0.4) is 0 Å². The topological polar surface area (TPSA) is 59.8 Å².